The lowest BCUT2D eigenvalue weighted by atomic mass is 9.52. The van der Waals surface area contributed by atoms with Crippen LogP contribution in [0.4, 0.5) is 0 Å². The summed E-state index contributed by atoms with van der Waals surface area (Å²) < 4.78 is 0. The molecule has 0 spiro atoms. The van der Waals surface area contributed by atoms with Crippen LogP contribution in [0.5, 0.6) is 5.75 Å². The highest BCUT2D eigenvalue weighted by atomic mass is 16.3. The van der Waals surface area contributed by atoms with Gasteiger partial charge in [0.05, 0.1) is 24.1 Å². The summed E-state index contributed by atoms with van der Waals surface area (Å²) in [4.78, 5) is 66.3. The van der Waals surface area contributed by atoms with Crippen molar-refractivity contribution in [2.45, 2.75) is 31.1 Å². The van der Waals surface area contributed by atoms with Crippen molar-refractivity contribution in [1.29, 1.82) is 0 Å². The molecule has 5 N–H and O–H groups in total. The molecule has 0 saturated heterocycles. The van der Waals surface area contributed by atoms with Crippen molar-refractivity contribution in [3.8, 4) is 5.75 Å². The van der Waals surface area contributed by atoms with Crippen molar-refractivity contribution in [2.75, 3.05) is 14.1 Å². The van der Waals surface area contributed by atoms with Crippen LogP contribution >= 0.6 is 0 Å². The van der Waals surface area contributed by atoms with E-state index in [0.29, 0.717) is 11.1 Å². The van der Waals surface area contributed by atoms with E-state index in [0.717, 1.165) is 0 Å². The molecule has 1 aromatic rings. The molecule has 2 fully saturated rings. The smallest absolute Gasteiger partial charge is 0.235 e. The number of hydrogen-bond donors (Lipinski definition) is 4. The van der Waals surface area contributed by atoms with Gasteiger partial charge in [-0.05, 0) is 50.0 Å². The SMILES string of the molecule is CN(C)C1C(=O)C(C(N)=O)C(=O)C2(O)C(=O)C3C(=O)c4c(O)ccc(CO)c4CC3CC12. The highest BCUT2D eigenvalue weighted by Crippen LogP contribution is 2.50. The number of nitrogens with zero attached hydrogens (tertiary/aromatic N) is 1. The van der Waals surface area contributed by atoms with Crippen LogP contribution in [0.2, 0.25) is 0 Å². The number of aromatic hydroxyl groups is 1. The van der Waals surface area contributed by atoms with Crippen molar-refractivity contribution in [2.24, 2.45) is 29.4 Å². The van der Waals surface area contributed by atoms with Crippen LogP contribution in [0.3, 0.4) is 0 Å². The molecule has 0 bridgehead atoms. The second kappa shape index (κ2) is 7.29. The number of likely N-dealkylation sites (N-methyl/N-ethyl adjacent to an activating group) is 1. The maximum atomic E-state index is 13.6. The molecule has 2 saturated carbocycles. The van der Waals surface area contributed by atoms with Crippen LogP contribution in [-0.2, 0) is 32.2 Å². The molecule has 6 atom stereocenters. The number of rotatable bonds is 3. The zero-order valence-corrected chi connectivity index (χ0v) is 17.6. The first-order valence-electron chi connectivity index (χ1n) is 10.3. The molecular formula is C22H24N2O8. The number of carbonyl (C=O) groups excluding carboxylic acids is 5. The Kier molecular flexibility index (Phi) is 5.07. The van der Waals surface area contributed by atoms with Gasteiger partial charge in [0.2, 0.25) is 5.91 Å². The minimum Gasteiger partial charge on any atom is -0.507 e. The summed E-state index contributed by atoms with van der Waals surface area (Å²) in [6.07, 6.45) is 0.112. The lowest BCUT2D eigenvalue weighted by Gasteiger charge is -2.52. The number of aliphatic hydroxyl groups excluding tert-OH is 1. The van der Waals surface area contributed by atoms with Crippen molar-refractivity contribution in [3.05, 3.63) is 28.8 Å². The maximum Gasteiger partial charge on any atom is 0.235 e. The molecule has 3 aliphatic rings. The highest BCUT2D eigenvalue weighted by Gasteiger charge is 2.69. The molecule has 0 aliphatic heterocycles. The Morgan fingerprint density at radius 1 is 1.19 bits per heavy atom. The molecular weight excluding hydrogens is 420 g/mol. The Balaban J connectivity index is 1.88. The van der Waals surface area contributed by atoms with E-state index in [-0.39, 0.29) is 30.8 Å². The average molecular weight is 444 g/mol. The number of phenols is 1. The fourth-order valence-electron chi connectivity index (χ4n) is 5.82. The number of benzene rings is 1. The zero-order valence-electron chi connectivity index (χ0n) is 17.6. The van der Waals surface area contributed by atoms with Gasteiger partial charge in [0.25, 0.3) is 0 Å². The lowest BCUT2D eigenvalue weighted by molar-refractivity contribution is -0.181. The van der Waals surface area contributed by atoms with Crippen LogP contribution in [0.1, 0.15) is 27.9 Å². The Hall–Kier alpha value is -2.95. The van der Waals surface area contributed by atoms with E-state index in [9.17, 15) is 39.3 Å². The van der Waals surface area contributed by atoms with Gasteiger partial charge in [0, 0.05) is 5.92 Å². The normalized spacial score (nSPS) is 34.2. The van der Waals surface area contributed by atoms with Crippen LogP contribution < -0.4 is 5.73 Å². The summed E-state index contributed by atoms with van der Waals surface area (Å²) in [7, 11) is 3.05. The molecule has 32 heavy (non-hydrogen) atoms. The molecule has 1 aromatic carbocycles. The zero-order chi connectivity index (χ0) is 23.7. The molecule has 1 amide bonds. The first-order valence-corrected chi connectivity index (χ1v) is 10.3. The summed E-state index contributed by atoms with van der Waals surface area (Å²) >= 11 is 0. The van der Waals surface area contributed by atoms with E-state index in [2.05, 4.69) is 0 Å². The third-order valence-electron chi connectivity index (χ3n) is 7.21. The standard InChI is InChI=1S/C22H24N2O8/c1-24(2)16-11-6-9-5-10-8(7-25)3-4-12(26)14(10)17(27)13(9)19(29)22(11,32)20(30)15(18(16)28)21(23)31/h3-4,9,11,13,15-16,25-26,32H,5-7H2,1-2H3,(H2,23,31). The van der Waals surface area contributed by atoms with Gasteiger partial charge in [-0.1, -0.05) is 6.07 Å². The Morgan fingerprint density at radius 2 is 1.84 bits per heavy atom. The van der Waals surface area contributed by atoms with Gasteiger partial charge in [0.1, 0.15) is 5.75 Å². The summed E-state index contributed by atoms with van der Waals surface area (Å²) in [5.41, 5.74) is 3.24. The second-order valence-electron chi connectivity index (χ2n) is 9.04. The first kappa shape index (κ1) is 22.3. The number of aliphatic hydroxyl groups is 2. The van der Waals surface area contributed by atoms with Crippen LogP contribution in [0.15, 0.2) is 12.1 Å². The van der Waals surface area contributed by atoms with E-state index in [1.807, 2.05) is 0 Å². The van der Waals surface area contributed by atoms with Gasteiger partial charge in [0.15, 0.2) is 34.7 Å². The van der Waals surface area contributed by atoms with Crippen LogP contribution in [-0.4, -0.2) is 75.0 Å². The van der Waals surface area contributed by atoms with Crippen LogP contribution in [0, 0.1) is 23.7 Å². The lowest BCUT2D eigenvalue weighted by Crippen LogP contribution is -2.74. The van der Waals surface area contributed by atoms with Gasteiger partial charge in [-0.25, -0.2) is 0 Å². The molecule has 6 unspecified atom stereocenters. The number of phenolic OH excluding ortho intramolecular Hbond substituents is 1. The van der Waals surface area contributed by atoms with Crippen LogP contribution in [0.25, 0.3) is 0 Å². The van der Waals surface area contributed by atoms with Gasteiger partial charge in [-0.3, -0.25) is 28.9 Å². The molecule has 3 aliphatic carbocycles. The van der Waals surface area contributed by atoms with Crippen molar-refractivity contribution in [3.63, 3.8) is 0 Å². The largest absolute Gasteiger partial charge is 0.507 e. The van der Waals surface area contributed by atoms with Crippen molar-refractivity contribution in [1.82, 2.24) is 4.90 Å². The summed E-state index contributed by atoms with van der Waals surface area (Å²) in [6, 6.07) is 1.58. The molecule has 10 heteroatoms. The summed E-state index contributed by atoms with van der Waals surface area (Å²) in [6.45, 7) is -0.383. The molecule has 0 aromatic heterocycles. The van der Waals surface area contributed by atoms with E-state index in [1.165, 1.54) is 31.1 Å². The Morgan fingerprint density at radius 3 is 2.41 bits per heavy atom. The fraction of sp³-hybridized carbons (Fsp3) is 0.500. The number of primary amides is 1. The number of hydrogen-bond acceptors (Lipinski definition) is 9. The monoisotopic (exact) mass is 444 g/mol. The number of amides is 1. The number of nitrogens with two attached hydrogens (primary N) is 1. The molecule has 170 valence electrons. The predicted molar refractivity (Wildman–Crippen MR) is 107 cm³/mol. The molecule has 0 radical (unpaired) electrons. The fourth-order valence-corrected chi connectivity index (χ4v) is 5.82. The summed E-state index contributed by atoms with van der Waals surface area (Å²) in [5.74, 6) is -10.8. The highest BCUT2D eigenvalue weighted by molar-refractivity contribution is 6.32. The Bertz CT molecular complexity index is 1080. The number of carbonyl (C=O) groups is 5. The molecule has 4 rings (SSSR count). The van der Waals surface area contributed by atoms with Gasteiger partial charge >= 0.3 is 0 Å². The average Bonchev–Trinajstić information content (AvgIpc) is 2.70. The summed E-state index contributed by atoms with van der Waals surface area (Å²) in [5, 5.41) is 31.4. The van der Waals surface area contributed by atoms with Gasteiger partial charge < -0.3 is 21.1 Å². The van der Waals surface area contributed by atoms with E-state index in [4.69, 9.17) is 5.73 Å². The predicted octanol–water partition coefficient (Wildman–Crippen LogP) is -1.64. The third-order valence-corrected chi connectivity index (χ3v) is 7.21. The quantitative estimate of drug-likeness (QED) is 0.398. The number of ketones is 4. The minimum atomic E-state index is -2.74. The van der Waals surface area contributed by atoms with E-state index in [1.54, 1.807) is 0 Å². The minimum absolute atomic E-state index is 0.0234. The number of Topliss-reactive ketones (excluding diaryl/α,β-unsaturated/α-hetero) is 4. The van der Waals surface area contributed by atoms with Gasteiger partial charge in [-0.15, -0.1) is 0 Å². The van der Waals surface area contributed by atoms with E-state index < -0.39 is 64.4 Å². The topological polar surface area (TPSA) is 175 Å². The number of fused-ring (bicyclic) bond motifs is 3. The molecule has 0 heterocycles. The third kappa shape index (κ3) is 2.73. The molecule has 10 nitrogen and oxygen atoms in total. The second-order valence-corrected chi connectivity index (χ2v) is 9.04. The Labute approximate surface area is 183 Å². The maximum absolute atomic E-state index is 13.6. The van der Waals surface area contributed by atoms with E-state index >= 15 is 0 Å². The van der Waals surface area contributed by atoms with Crippen molar-refractivity contribution >= 4 is 29.0 Å². The first-order chi connectivity index (χ1) is 15.0. The van der Waals surface area contributed by atoms with Gasteiger partial charge in [-0.2, -0.15) is 0 Å². The van der Waals surface area contributed by atoms with Crippen molar-refractivity contribution < 1.29 is 39.3 Å².